The van der Waals surface area contributed by atoms with Crippen LogP contribution in [-0.2, 0) is 25.7 Å². The lowest BCUT2D eigenvalue weighted by Gasteiger charge is -2.33. The monoisotopic (exact) mass is 529 g/mol. The molecule has 0 bridgehead atoms. The molecule has 10 nitrogen and oxygen atoms in total. The van der Waals surface area contributed by atoms with Gasteiger partial charge in [-0.05, 0) is 24.5 Å². The summed E-state index contributed by atoms with van der Waals surface area (Å²) in [5, 5.41) is 29.6. The largest absolute Gasteiger partial charge is 0.480 e. The highest BCUT2D eigenvalue weighted by Crippen LogP contribution is 2.37. The van der Waals surface area contributed by atoms with Gasteiger partial charge in [-0.15, -0.1) is 0 Å². The molecule has 1 aromatic rings. The molecule has 1 aromatic carbocycles. The lowest BCUT2D eigenvalue weighted by molar-refractivity contribution is -0.141. The van der Waals surface area contributed by atoms with Crippen LogP contribution in [0.2, 0.25) is 0 Å². The molecule has 2 rings (SSSR count). The smallest absolute Gasteiger partial charge is 0.328 e. The van der Waals surface area contributed by atoms with E-state index in [9.17, 15) is 33.8 Å². The number of carbonyl (C=O) groups is 4. The third-order valence-corrected chi connectivity index (χ3v) is 8.13. The Morgan fingerprint density at radius 1 is 1.20 bits per heavy atom. The van der Waals surface area contributed by atoms with Crippen molar-refractivity contribution in [3.05, 3.63) is 47.3 Å². The van der Waals surface area contributed by atoms with Crippen molar-refractivity contribution in [3.63, 3.8) is 0 Å². The maximum Gasteiger partial charge on any atom is 0.328 e. The molecule has 3 atom stereocenters. The van der Waals surface area contributed by atoms with E-state index < -0.39 is 35.9 Å². The van der Waals surface area contributed by atoms with E-state index in [-0.39, 0.29) is 29.7 Å². The van der Waals surface area contributed by atoms with Gasteiger partial charge in [0.15, 0.2) is 0 Å². The maximum atomic E-state index is 14.0. The summed E-state index contributed by atoms with van der Waals surface area (Å²) in [5.41, 5.74) is 6.51. The summed E-state index contributed by atoms with van der Waals surface area (Å²) in [6, 6.07) is 3.99. The quantitative estimate of drug-likeness (QED) is 0.186. The summed E-state index contributed by atoms with van der Waals surface area (Å²) in [6.45, 7) is 1.28. The average molecular weight is 530 g/mol. The van der Waals surface area contributed by atoms with Crippen molar-refractivity contribution in [3.8, 4) is 0 Å². The van der Waals surface area contributed by atoms with Crippen molar-refractivity contribution >= 4 is 45.4 Å². The highest BCUT2D eigenvalue weighted by molar-refractivity contribution is 8.77. The molecule has 0 aromatic heterocycles. The number of likely N-dealkylation sites (tertiary alicyclic amines) is 1. The van der Waals surface area contributed by atoms with Gasteiger partial charge >= 0.3 is 17.9 Å². The van der Waals surface area contributed by atoms with Gasteiger partial charge in [-0.25, -0.2) is 14.0 Å². The van der Waals surface area contributed by atoms with Gasteiger partial charge in [-0.3, -0.25) is 14.5 Å². The molecular formula is C22H28FN3O7S2. The topological polar surface area (TPSA) is 170 Å². The molecule has 1 aliphatic heterocycles. The Kier molecular flexibility index (Phi) is 11.5. The highest BCUT2D eigenvalue weighted by atomic mass is 33.1. The van der Waals surface area contributed by atoms with Crippen LogP contribution in [0.3, 0.4) is 0 Å². The molecule has 1 saturated heterocycles. The second kappa shape index (κ2) is 14.1. The Balaban J connectivity index is 1.90. The summed E-state index contributed by atoms with van der Waals surface area (Å²) in [7, 11) is 2.52. The SMILES string of the molecule is NC(CCC(=O)NC(CSSC1CCN(Cc2ccccc2F)CC1=CC(=O)O)C(=O)O)C(=O)O. The molecule has 1 amide bonds. The summed E-state index contributed by atoms with van der Waals surface area (Å²) in [4.78, 5) is 47.5. The molecule has 0 radical (unpaired) electrons. The lowest BCUT2D eigenvalue weighted by Crippen LogP contribution is -2.43. The number of halogens is 1. The van der Waals surface area contributed by atoms with E-state index in [4.69, 9.17) is 10.8 Å². The number of nitrogens with one attached hydrogen (secondary N) is 1. The predicted octanol–water partition coefficient (Wildman–Crippen LogP) is 1.55. The number of carboxylic acids is 3. The summed E-state index contributed by atoms with van der Waals surface area (Å²) < 4.78 is 14.0. The average Bonchev–Trinajstić information content (AvgIpc) is 2.79. The Hall–Kier alpha value is -2.61. The zero-order chi connectivity index (χ0) is 26.0. The van der Waals surface area contributed by atoms with Crippen molar-refractivity contribution in [1.29, 1.82) is 0 Å². The number of benzene rings is 1. The molecule has 0 saturated carbocycles. The first-order valence-corrected chi connectivity index (χ1v) is 13.1. The number of piperidine rings is 1. The van der Waals surface area contributed by atoms with Crippen molar-refractivity contribution in [2.24, 2.45) is 5.73 Å². The predicted molar refractivity (Wildman–Crippen MR) is 130 cm³/mol. The summed E-state index contributed by atoms with van der Waals surface area (Å²) in [6.07, 6.45) is 1.38. The fourth-order valence-electron chi connectivity index (χ4n) is 3.37. The minimum Gasteiger partial charge on any atom is -0.480 e. The number of hydrogen-bond acceptors (Lipinski definition) is 8. The molecule has 0 spiro atoms. The van der Waals surface area contributed by atoms with Gasteiger partial charge in [0.05, 0.1) is 0 Å². The molecule has 3 unspecified atom stereocenters. The molecular weight excluding hydrogens is 501 g/mol. The van der Waals surface area contributed by atoms with Crippen LogP contribution in [0.5, 0.6) is 0 Å². The molecule has 0 aliphatic carbocycles. The second-order valence-corrected chi connectivity index (χ2v) is 10.6. The first-order valence-electron chi connectivity index (χ1n) is 10.7. The standard InChI is InChI=1S/C22H28FN3O7S2/c23-15-4-2-1-3-13(15)10-26-8-7-18(14(11-26)9-20(28)29)35-34-12-17(22(32)33)25-19(27)6-5-16(24)21(30)31/h1-4,9,16-18H,5-8,10-12,24H2,(H,25,27)(H,28,29)(H,30,31)(H,32,33). The minimum absolute atomic E-state index is 0.0204. The van der Waals surface area contributed by atoms with E-state index in [2.05, 4.69) is 5.32 Å². The minimum atomic E-state index is -1.25. The third kappa shape index (κ3) is 9.88. The molecule has 6 N–H and O–H groups in total. The van der Waals surface area contributed by atoms with E-state index >= 15 is 0 Å². The molecule has 1 fully saturated rings. The fourth-order valence-corrected chi connectivity index (χ4v) is 6.24. The number of nitrogens with two attached hydrogens (primary N) is 1. The third-order valence-electron chi connectivity index (χ3n) is 5.24. The zero-order valence-corrected chi connectivity index (χ0v) is 20.4. The van der Waals surface area contributed by atoms with E-state index in [1.807, 2.05) is 4.90 Å². The van der Waals surface area contributed by atoms with E-state index in [1.54, 1.807) is 18.2 Å². The second-order valence-electron chi connectivity index (χ2n) is 7.96. The van der Waals surface area contributed by atoms with E-state index in [1.165, 1.54) is 27.7 Å². The highest BCUT2D eigenvalue weighted by Gasteiger charge is 2.27. The van der Waals surface area contributed by atoms with Gasteiger partial charge in [-0.2, -0.15) is 0 Å². The number of carbonyl (C=O) groups excluding carboxylic acids is 1. The first kappa shape index (κ1) is 28.6. The Bertz CT molecular complexity index is 963. The molecule has 13 heteroatoms. The van der Waals surface area contributed by atoms with Gasteiger partial charge in [-0.1, -0.05) is 39.8 Å². The van der Waals surface area contributed by atoms with E-state index in [0.717, 1.165) is 6.08 Å². The van der Waals surface area contributed by atoms with Crippen LogP contribution in [-0.4, -0.2) is 80.2 Å². The van der Waals surface area contributed by atoms with Crippen molar-refractivity contribution in [1.82, 2.24) is 10.2 Å². The number of rotatable bonds is 13. The number of aliphatic carboxylic acids is 3. The van der Waals surface area contributed by atoms with Gasteiger partial charge in [0.1, 0.15) is 17.9 Å². The fraction of sp³-hybridized carbons (Fsp3) is 0.455. The molecule has 1 aliphatic rings. The Morgan fingerprint density at radius 3 is 2.54 bits per heavy atom. The number of hydrogen-bond donors (Lipinski definition) is 5. The summed E-state index contributed by atoms with van der Waals surface area (Å²) >= 11 is 0. The first-order chi connectivity index (χ1) is 16.6. The van der Waals surface area contributed by atoms with Crippen LogP contribution in [0, 0.1) is 5.82 Å². The Labute approximate surface area is 209 Å². The van der Waals surface area contributed by atoms with Crippen LogP contribution >= 0.6 is 21.6 Å². The van der Waals surface area contributed by atoms with Crippen LogP contribution < -0.4 is 11.1 Å². The van der Waals surface area contributed by atoms with Crippen LogP contribution in [0.15, 0.2) is 35.9 Å². The van der Waals surface area contributed by atoms with Crippen molar-refractivity contribution in [2.45, 2.75) is 43.1 Å². The Morgan fingerprint density at radius 2 is 1.91 bits per heavy atom. The van der Waals surface area contributed by atoms with Crippen LogP contribution in [0.25, 0.3) is 0 Å². The van der Waals surface area contributed by atoms with Crippen LogP contribution in [0.4, 0.5) is 4.39 Å². The molecule has 192 valence electrons. The lowest BCUT2D eigenvalue weighted by atomic mass is 10.0. The number of amides is 1. The normalized spacial score (nSPS) is 19.1. The van der Waals surface area contributed by atoms with E-state index in [0.29, 0.717) is 37.2 Å². The van der Waals surface area contributed by atoms with Gasteiger partial charge in [0, 0.05) is 48.7 Å². The van der Waals surface area contributed by atoms with Gasteiger partial charge in [0.2, 0.25) is 5.91 Å². The number of carboxylic acid groups (broad SMARTS) is 3. The zero-order valence-electron chi connectivity index (χ0n) is 18.8. The molecule has 1 heterocycles. The molecule has 35 heavy (non-hydrogen) atoms. The van der Waals surface area contributed by atoms with Gasteiger partial charge in [0.25, 0.3) is 0 Å². The van der Waals surface area contributed by atoms with Crippen molar-refractivity contribution < 1.29 is 38.9 Å². The summed E-state index contributed by atoms with van der Waals surface area (Å²) in [5.74, 6) is -4.51. The maximum absolute atomic E-state index is 14.0. The number of nitrogens with zero attached hydrogens (tertiary/aromatic N) is 1. The van der Waals surface area contributed by atoms with Crippen molar-refractivity contribution in [2.75, 3.05) is 18.8 Å². The van der Waals surface area contributed by atoms with Crippen LogP contribution in [0.1, 0.15) is 24.8 Å². The van der Waals surface area contributed by atoms with Gasteiger partial charge < -0.3 is 26.4 Å².